The van der Waals surface area contributed by atoms with Crippen LogP contribution < -0.4 is 0 Å². The molecule has 0 spiro atoms. The Kier molecular flexibility index (Phi) is 12.8. The molecule has 1 N–H and O–H groups in total. The summed E-state index contributed by atoms with van der Waals surface area (Å²) in [5.41, 5.74) is 1.97. The maximum atomic E-state index is 8.81. The van der Waals surface area contributed by atoms with Crippen LogP contribution in [0.1, 0.15) is 19.4 Å². The summed E-state index contributed by atoms with van der Waals surface area (Å²) in [6.07, 6.45) is 5.61. The molecule has 0 fully saturated rings. The zero-order valence-corrected chi connectivity index (χ0v) is 14.6. The second-order valence-electron chi connectivity index (χ2n) is 3.74. The van der Waals surface area contributed by atoms with E-state index in [1.54, 1.807) is 11.8 Å². The molecule has 20 heavy (non-hydrogen) atoms. The summed E-state index contributed by atoms with van der Waals surface area (Å²) in [6.45, 7) is 7.14. The first kappa shape index (κ1) is 22.2. The molecule has 0 heterocycles. The van der Waals surface area contributed by atoms with Gasteiger partial charge in [0.25, 0.3) is 0 Å². The van der Waals surface area contributed by atoms with E-state index in [1.165, 1.54) is 0 Å². The van der Waals surface area contributed by atoms with Gasteiger partial charge in [-0.05, 0) is 14.0 Å². The molecule has 6 heteroatoms. The van der Waals surface area contributed by atoms with Gasteiger partial charge in [-0.3, -0.25) is 0 Å². The molecule has 1 aromatic rings. The molecule has 1 aromatic carbocycles. The van der Waals surface area contributed by atoms with Crippen LogP contribution in [0.5, 0.6) is 0 Å². The molecule has 1 rings (SSSR count). The Hall–Kier alpha value is -0.126. The molecular formula is C14H16N3OVYb-. The predicted octanol–water partition coefficient (Wildman–Crippen LogP) is 2.89. The Balaban J connectivity index is 0. The molecule has 0 amide bonds. The van der Waals surface area contributed by atoms with E-state index in [2.05, 4.69) is 29.1 Å². The molecule has 0 aliphatic carbocycles. The molecule has 0 saturated heterocycles. The summed E-state index contributed by atoms with van der Waals surface area (Å²) in [7, 11) is 1.81. The molecule has 4 nitrogen and oxygen atoms in total. The van der Waals surface area contributed by atoms with E-state index in [0.29, 0.717) is 11.4 Å². The van der Waals surface area contributed by atoms with Gasteiger partial charge >= 0.3 is 18.6 Å². The number of oxime groups is 1. The van der Waals surface area contributed by atoms with Gasteiger partial charge in [-0.1, -0.05) is 40.9 Å². The minimum atomic E-state index is 0. The number of nitrogens with zero attached hydrogens (tertiary/aromatic N) is 3. The van der Waals surface area contributed by atoms with Crippen LogP contribution >= 0.6 is 0 Å². The Morgan fingerprint density at radius 3 is 2.55 bits per heavy atom. The van der Waals surface area contributed by atoms with Crippen LogP contribution in [0.25, 0.3) is 0 Å². The average Bonchev–Trinajstić information content (AvgIpc) is 2.43. The quantitative estimate of drug-likeness (QED) is 0.181. The molecule has 0 unspecified atom stereocenters. The fourth-order valence-corrected chi connectivity index (χ4v) is 1.25. The first-order valence-corrected chi connectivity index (χ1v) is 5.45. The molecule has 1 radical (unpaired) electrons. The third-order valence-electron chi connectivity index (χ3n) is 2.52. The van der Waals surface area contributed by atoms with Crippen molar-refractivity contribution in [2.45, 2.75) is 13.8 Å². The average molecular weight is 466 g/mol. The van der Waals surface area contributed by atoms with Crippen LogP contribution in [0.4, 0.5) is 5.69 Å². The fourth-order valence-electron chi connectivity index (χ4n) is 1.25. The molecule has 113 valence electrons. The van der Waals surface area contributed by atoms with Crippen molar-refractivity contribution in [3.63, 3.8) is 0 Å². The summed E-state index contributed by atoms with van der Waals surface area (Å²) < 4.78 is 0. The van der Waals surface area contributed by atoms with Crippen LogP contribution in [0.3, 0.4) is 0 Å². The first-order valence-electron chi connectivity index (χ1n) is 5.45. The van der Waals surface area contributed by atoms with E-state index in [0.717, 1.165) is 11.6 Å². The summed E-state index contributed by atoms with van der Waals surface area (Å²) >= 11 is 0. The van der Waals surface area contributed by atoms with Crippen LogP contribution in [0.15, 0.2) is 41.0 Å². The number of hydrogen-bond donors (Lipinski definition) is 1. The van der Waals surface area contributed by atoms with Crippen LogP contribution in [-0.2, 0) is 18.6 Å². The maximum Gasteiger partial charge on any atom is 2.00 e. The minimum absolute atomic E-state index is 0. The Bertz CT molecular complexity index is 477. The molecule has 0 atom stereocenters. The largest absolute Gasteiger partial charge is 2.00 e. The van der Waals surface area contributed by atoms with E-state index in [4.69, 9.17) is 5.21 Å². The van der Waals surface area contributed by atoms with Crippen molar-refractivity contribution < 1.29 is 70.7 Å². The van der Waals surface area contributed by atoms with Gasteiger partial charge in [-0.25, -0.2) is 0 Å². The third-order valence-corrected chi connectivity index (χ3v) is 2.52. The molecular weight excluding hydrogens is 450 g/mol. The van der Waals surface area contributed by atoms with Crippen molar-refractivity contribution in [2.24, 2.45) is 10.1 Å². The fraction of sp³-hybridized carbons (Fsp3) is 0.214. The summed E-state index contributed by atoms with van der Waals surface area (Å²) in [5.74, 6) is 0. The zero-order valence-electron chi connectivity index (χ0n) is 11.5. The van der Waals surface area contributed by atoms with Crippen molar-refractivity contribution >= 4 is 17.7 Å². The van der Waals surface area contributed by atoms with E-state index in [9.17, 15) is 0 Å². The maximum absolute atomic E-state index is 8.81. The number of benzene rings is 1. The van der Waals surface area contributed by atoms with Gasteiger partial charge in [0.2, 0.25) is 0 Å². The molecule has 0 aliphatic rings. The van der Waals surface area contributed by atoms with Crippen LogP contribution in [0, 0.1) is 59.0 Å². The van der Waals surface area contributed by atoms with E-state index in [-0.39, 0.29) is 65.5 Å². The summed E-state index contributed by atoms with van der Waals surface area (Å²) in [4.78, 5) is 5.93. The van der Waals surface area contributed by atoms with E-state index >= 15 is 0 Å². The smallest absolute Gasteiger partial charge is 0.670 e. The van der Waals surface area contributed by atoms with Gasteiger partial charge < -0.3 is 33.8 Å². The number of aliphatic imine (C=N–C) groups is 1. The van der Waals surface area contributed by atoms with Crippen LogP contribution in [0.2, 0.25) is 0 Å². The van der Waals surface area contributed by atoms with Crippen molar-refractivity contribution in [1.82, 2.24) is 4.90 Å². The molecule has 0 saturated carbocycles. The van der Waals surface area contributed by atoms with Gasteiger partial charge in [-0.15, -0.1) is 13.0 Å². The normalized spacial score (nSPS) is 10.4. The van der Waals surface area contributed by atoms with Crippen LogP contribution in [-0.4, -0.2) is 29.2 Å². The van der Waals surface area contributed by atoms with Crippen molar-refractivity contribution in [2.75, 3.05) is 7.05 Å². The Morgan fingerprint density at radius 2 is 2.00 bits per heavy atom. The standard InChI is InChI=1S/C14H16N3O.V.Yb/c1-5-11(2)17(4)10-15-14-9-7-6-8-13(14)12(3)16-18;;/h6-9,18H,1H2,2-4H3;;/q-3;+2;. The third kappa shape index (κ3) is 6.55. The number of rotatable bonds is 5. The molecule has 0 bridgehead atoms. The first-order chi connectivity index (χ1) is 8.60. The molecule has 0 aliphatic heterocycles. The van der Waals surface area contributed by atoms with Gasteiger partial charge in [0, 0.05) is 46.9 Å². The topological polar surface area (TPSA) is 48.2 Å². The monoisotopic (exact) mass is 467 g/mol. The van der Waals surface area contributed by atoms with Gasteiger partial charge in [-0.2, -0.15) is 0 Å². The SMILES string of the molecule is C=[C-][C-](C)N(C)[C-]=Nc1ccccc1C(C)=NO.[V+2].[Yb]. The Morgan fingerprint density at radius 1 is 1.40 bits per heavy atom. The number of likely N-dealkylation sites (N-methyl/N-ethyl adjacent to an activating group) is 1. The van der Waals surface area contributed by atoms with Crippen molar-refractivity contribution in [1.29, 1.82) is 0 Å². The molecule has 0 aromatic heterocycles. The zero-order chi connectivity index (χ0) is 13.5. The Labute approximate surface area is 171 Å². The predicted molar refractivity (Wildman–Crippen MR) is 73.1 cm³/mol. The number of hydrogen-bond acceptors (Lipinski definition) is 3. The van der Waals surface area contributed by atoms with Gasteiger partial charge in [0.15, 0.2) is 0 Å². The minimum Gasteiger partial charge on any atom is -0.670 e. The summed E-state index contributed by atoms with van der Waals surface area (Å²) in [6, 6.07) is 8.22. The van der Waals surface area contributed by atoms with E-state index < -0.39 is 0 Å². The second kappa shape index (κ2) is 11.5. The van der Waals surface area contributed by atoms with Gasteiger partial charge in [0.05, 0.1) is 5.71 Å². The summed E-state index contributed by atoms with van der Waals surface area (Å²) in [5, 5.41) is 12.0. The van der Waals surface area contributed by atoms with Gasteiger partial charge in [0.1, 0.15) is 0 Å². The number of para-hydroxylation sites is 1. The van der Waals surface area contributed by atoms with E-state index in [1.807, 2.05) is 38.2 Å². The van der Waals surface area contributed by atoms with Crippen molar-refractivity contribution in [3.05, 3.63) is 48.5 Å². The van der Waals surface area contributed by atoms with Crippen molar-refractivity contribution in [3.8, 4) is 0 Å². The second-order valence-corrected chi connectivity index (χ2v) is 3.74.